The summed E-state index contributed by atoms with van der Waals surface area (Å²) in [5, 5.41) is 22.3. The lowest BCUT2D eigenvalue weighted by Crippen LogP contribution is -2.22. The highest BCUT2D eigenvalue weighted by atomic mass is 16.5. The predicted molar refractivity (Wildman–Crippen MR) is 72.0 cm³/mol. The van der Waals surface area contributed by atoms with Gasteiger partial charge in [-0.2, -0.15) is 0 Å². The third kappa shape index (κ3) is 3.87. The van der Waals surface area contributed by atoms with Gasteiger partial charge in [0.25, 0.3) is 0 Å². The molecular formula is C13H21N3O3. The van der Waals surface area contributed by atoms with E-state index in [-0.39, 0.29) is 0 Å². The first-order chi connectivity index (χ1) is 9.20. The smallest absolute Gasteiger partial charge is 0.128 e. The molecule has 2 atom stereocenters. The van der Waals surface area contributed by atoms with Crippen LogP contribution in [0.5, 0.6) is 0 Å². The summed E-state index contributed by atoms with van der Waals surface area (Å²) < 4.78 is 4.95. The van der Waals surface area contributed by atoms with Gasteiger partial charge in [0, 0.05) is 39.5 Å². The van der Waals surface area contributed by atoms with E-state index < -0.39 is 12.2 Å². The Morgan fingerprint density at radius 1 is 1.37 bits per heavy atom. The largest absolute Gasteiger partial charge is 0.389 e. The molecule has 1 saturated heterocycles. The Hall–Kier alpha value is -1.21. The molecule has 1 aromatic heterocycles. The summed E-state index contributed by atoms with van der Waals surface area (Å²) in [5.74, 6) is 0.788. The minimum absolute atomic E-state index is 0.430. The number of pyridine rings is 1. The second-order valence-electron chi connectivity index (χ2n) is 4.73. The number of aliphatic hydroxyl groups excluding tert-OH is 2. The van der Waals surface area contributed by atoms with Gasteiger partial charge in [0.1, 0.15) is 5.82 Å². The van der Waals surface area contributed by atoms with Crippen LogP contribution in [0.1, 0.15) is 5.56 Å². The molecule has 0 aliphatic carbocycles. The number of ether oxygens (including phenoxy) is 1. The second kappa shape index (κ2) is 6.81. The van der Waals surface area contributed by atoms with Crippen molar-refractivity contribution in [3.63, 3.8) is 0 Å². The average Bonchev–Trinajstić information content (AvgIpc) is 2.76. The van der Waals surface area contributed by atoms with E-state index in [9.17, 15) is 10.2 Å². The average molecular weight is 267 g/mol. The van der Waals surface area contributed by atoms with Gasteiger partial charge in [-0.25, -0.2) is 4.98 Å². The Morgan fingerprint density at radius 2 is 2.11 bits per heavy atom. The summed E-state index contributed by atoms with van der Waals surface area (Å²) in [7, 11) is 1.68. The Kier molecular flexibility index (Phi) is 5.09. The molecule has 0 amide bonds. The number of methoxy groups -OCH3 is 1. The molecule has 0 aromatic carbocycles. The minimum atomic E-state index is -0.683. The summed E-state index contributed by atoms with van der Waals surface area (Å²) in [6.07, 6.45) is 0.445. The number of aliphatic hydroxyl groups is 2. The van der Waals surface area contributed by atoms with Gasteiger partial charge in [0.2, 0.25) is 0 Å². The number of β-amino-alcohol motifs (C(OH)–C–C–N with tert-alkyl or cyclic N) is 2. The molecule has 2 heterocycles. The first-order valence-electron chi connectivity index (χ1n) is 6.46. The zero-order valence-corrected chi connectivity index (χ0v) is 11.1. The van der Waals surface area contributed by atoms with Gasteiger partial charge < -0.3 is 25.2 Å². The van der Waals surface area contributed by atoms with Crippen molar-refractivity contribution in [2.24, 2.45) is 0 Å². The molecule has 1 aliphatic rings. The molecule has 0 bridgehead atoms. The monoisotopic (exact) mass is 267 g/mol. The minimum Gasteiger partial charge on any atom is -0.389 e. The van der Waals surface area contributed by atoms with E-state index in [1.807, 2.05) is 23.2 Å². The van der Waals surface area contributed by atoms with Crippen LogP contribution in [0.2, 0.25) is 0 Å². The first-order valence-corrected chi connectivity index (χ1v) is 6.46. The van der Waals surface area contributed by atoms with Gasteiger partial charge >= 0.3 is 0 Å². The van der Waals surface area contributed by atoms with E-state index in [1.54, 1.807) is 7.11 Å². The zero-order valence-electron chi connectivity index (χ0n) is 11.1. The van der Waals surface area contributed by atoms with Gasteiger partial charge in [-0.3, -0.25) is 0 Å². The number of hydrogen-bond donors (Lipinski definition) is 3. The number of rotatable bonds is 6. The maximum atomic E-state index is 9.51. The number of nitrogens with one attached hydrogen (secondary N) is 1. The molecule has 1 aliphatic heterocycles. The molecule has 3 N–H and O–H groups in total. The maximum absolute atomic E-state index is 9.51. The van der Waals surface area contributed by atoms with Crippen molar-refractivity contribution in [3.05, 3.63) is 23.9 Å². The quantitative estimate of drug-likeness (QED) is 0.595. The molecule has 6 nitrogen and oxygen atoms in total. The first kappa shape index (κ1) is 14.2. The zero-order chi connectivity index (χ0) is 13.7. The lowest BCUT2D eigenvalue weighted by molar-refractivity contribution is 0.0572. The summed E-state index contributed by atoms with van der Waals surface area (Å²) in [5.41, 5.74) is 1.10. The van der Waals surface area contributed by atoms with Crippen LogP contribution in [-0.2, 0) is 11.3 Å². The molecule has 19 heavy (non-hydrogen) atoms. The molecule has 106 valence electrons. The van der Waals surface area contributed by atoms with Crippen LogP contribution in [0.4, 0.5) is 5.82 Å². The van der Waals surface area contributed by atoms with Crippen molar-refractivity contribution in [3.8, 4) is 0 Å². The Morgan fingerprint density at radius 3 is 2.68 bits per heavy atom. The summed E-state index contributed by atoms with van der Waals surface area (Å²) in [6.45, 7) is 3.11. The molecular weight excluding hydrogens is 246 g/mol. The number of anilines is 1. The van der Waals surface area contributed by atoms with E-state index in [0.717, 1.165) is 24.5 Å². The van der Waals surface area contributed by atoms with Crippen LogP contribution < -0.4 is 10.2 Å². The fourth-order valence-corrected chi connectivity index (χ4v) is 2.07. The van der Waals surface area contributed by atoms with Crippen LogP contribution in [0.15, 0.2) is 18.3 Å². The summed E-state index contributed by atoms with van der Waals surface area (Å²) >= 11 is 0. The highest BCUT2D eigenvalue weighted by Crippen LogP contribution is 2.18. The van der Waals surface area contributed by atoms with Gasteiger partial charge in [0.15, 0.2) is 0 Å². The fraction of sp³-hybridized carbons (Fsp3) is 0.615. The van der Waals surface area contributed by atoms with Crippen LogP contribution in [0.25, 0.3) is 0 Å². The molecule has 2 rings (SSSR count). The van der Waals surface area contributed by atoms with E-state index >= 15 is 0 Å². The van der Waals surface area contributed by atoms with Gasteiger partial charge in [0.05, 0.1) is 18.8 Å². The highest BCUT2D eigenvalue weighted by Gasteiger charge is 2.30. The summed E-state index contributed by atoms with van der Waals surface area (Å²) in [4.78, 5) is 6.25. The van der Waals surface area contributed by atoms with Crippen LogP contribution >= 0.6 is 0 Å². The van der Waals surface area contributed by atoms with Crippen LogP contribution in [0.3, 0.4) is 0 Å². The second-order valence-corrected chi connectivity index (χ2v) is 4.73. The van der Waals surface area contributed by atoms with Crippen molar-refractivity contribution in [2.75, 3.05) is 38.3 Å². The molecule has 2 unspecified atom stereocenters. The Labute approximate surface area is 113 Å². The fourth-order valence-electron chi connectivity index (χ4n) is 2.07. The lowest BCUT2D eigenvalue weighted by Gasteiger charge is -2.16. The van der Waals surface area contributed by atoms with Crippen LogP contribution in [0, 0.1) is 0 Å². The Bertz CT molecular complexity index is 375. The molecule has 1 fully saturated rings. The predicted octanol–water partition coefficient (Wildman–Crippen LogP) is -0.641. The maximum Gasteiger partial charge on any atom is 0.128 e. The van der Waals surface area contributed by atoms with Crippen LogP contribution in [-0.4, -0.2) is 60.8 Å². The summed E-state index contributed by atoms with van der Waals surface area (Å²) in [6, 6.07) is 3.91. The normalized spacial score (nSPS) is 23.0. The van der Waals surface area contributed by atoms with Gasteiger partial charge in [-0.05, 0) is 11.6 Å². The SMILES string of the molecule is COCCNCc1ccc(N2CC(O)C(O)C2)nc1. The molecule has 0 spiro atoms. The number of hydrogen-bond acceptors (Lipinski definition) is 6. The van der Waals surface area contributed by atoms with Crippen molar-refractivity contribution in [1.29, 1.82) is 0 Å². The Balaban J connectivity index is 1.85. The lowest BCUT2D eigenvalue weighted by atomic mass is 10.3. The van der Waals surface area contributed by atoms with Crippen molar-refractivity contribution in [1.82, 2.24) is 10.3 Å². The van der Waals surface area contributed by atoms with E-state index in [2.05, 4.69) is 10.3 Å². The standard InChI is InChI=1S/C13H21N3O3/c1-19-5-4-14-6-10-2-3-13(15-7-10)16-8-11(17)12(18)9-16/h2-3,7,11-12,14,17-18H,4-6,8-9H2,1H3. The number of aromatic nitrogens is 1. The third-order valence-corrected chi connectivity index (χ3v) is 3.20. The topological polar surface area (TPSA) is 77.9 Å². The molecule has 1 aromatic rings. The van der Waals surface area contributed by atoms with Crippen molar-refractivity contribution >= 4 is 5.82 Å². The highest BCUT2D eigenvalue weighted by molar-refractivity contribution is 5.41. The van der Waals surface area contributed by atoms with E-state index in [1.165, 1.54) is 0 Å². The molecule has 6 heteroatoms. The molecule has 0 saturated carbocycles. The third-order valence-electron chi connectivity index (χ3n) is 3.20. The van der Waals surface area contributed by atoms with Crippen molar-refractivity contribution < 1.29 is 14.9 Å². The van der Waals surface area contributed by atoms with Gasteiger partial charge in [-0.15, -0.1) is 0 Å². The van der Waals surface area contributed by atoms with Gasteiger partial charge in [-0.1, -0.05) is 6.07 Å². The number of nitrogens with zero attached hydrogens (tertiary/aromatic N) is 2. The van der Waals surface area contributed by atoms with Crippen molar-refractivity contribution in [2.45, 2.75) is 18.8 Å². The van der Waals surface area contributed by atoms with E-state index in [4.69, 9.17) is 4.74 Å². The molecule has 0 radical (unpaired) electrons. The van der Waals surface area contributed by atoms with E-state index in [0.29, 0.717) is 19.7 Å².